The van der Waals surface area contributed by atoms with Gasteiger partial charge in [0.1, 0.15) is 0 Å². The van der Waals surface area contributed by atoms with Gasteiger partial charge in [-0.25, -0.2) is 0 Å². The van der Waals surface area contributed by atoms with Gasteiger partial charge in [-0.1, -0.05) is 30.3 Å². The van der Waals surface area contributed by atoms with Gasteiger partial charge in [0.15, 0.2) is 0 Å². The molecule has 2 heterocycles. The van der Waals surface area contributed by atoms with Gasteiger partial charge in [0.2, 0.25) is 0 Å². The quantitative estimate of drug-likeness (QED) is 0.904. The summed E-state index contributed by atoms with van der Waals surface area (Å²) in [7, 11) is 0. The molecule has 2 saturated heterocycles. The van der Waals surface area contributed by atoms with Crippen LogP contribution in [0.4, 0.5) is 5.69 Å². The molecule has 0 saturated carbocycles. The fourth-order valence-electron chi connectivity index (χ4n) is 3.75. The van der Waals surface area contributed by atoms with E-state index >= 15 is 0 Å². The maximum atomic E-state index is 13.0. The molecule has 2 aliphatic rings. The molecule has 2 atom stereocenters. The minimum absolute atomic E-state index is 0.00152. The number of fused-ring (bicyclic) bond motifs is 1. The fraction of sp³-hybridized carbons (Fsp3) is 0.300. The highest BCUT2D eigenvalue weighted by Crippen LogP contribution is 2.29. The van der Waals surface area contributed by atoms with Crippen LogP contribution in [0.2, 0.25) is 0 Å². The average molecular weight is 335 g/mol. The molecule has 4 rings (SSSR count). The zero-order chi connectivity index (χ0) is 17.2. The second-order valence-electron chi connectivity index (χ2n) is 6.75. The monoisotopic (exact) mass is 335 g/mol. The van der Waals surface area contributed by atoms with Gasteiger partial charge in [0.25, 0.3) is 11.8 Å². The van der Waals surface area contributed by atoms with Crippen molar-refractivity contribution in [1.82, 2.24) is 10.2 Å². The summed E-state index contributed by atoms with van der Waals surface area (Å²) in [6.07, 6.45) is 0. The van der Waals surface area contributed by atoms with Gasteiger partial charge >= 0.3 is 0 Å². The first kappa shape index (κ1) is 15.8. The topological polar surface area (TPSA) is 61.4 Å². The normalized spacial score (nSPS) is 21.8. The van der Waals surface area contributed by atoms with Crippen molar-refractivity contribution in [3.8, 4) is 0 Å². The van der Waals surface area contributed by atoms with Crippen molar-refractivity contribution < 1.29 is 9.59 Å². The highest BCUT2D eigenvalue weighted by atomic mass is 16.2. The Balaban J connectivity index is 1.53. The molecule has 25 heavy (non-hydrogen) atoms. The lowest BCUT2D eigenvalue weighted by molar-refractivity contribution is 0.0782. The van der Waals surface area contributed by atoms with Crippen LogP contribution >= 0.6 is 0 Å². The van der Waals surface area contributed by atoms with E-state index in [2.05, 4.69) is 10.6 Å². The van der Waals surface area contributed by atoms with Gasteiger partial charge in [0, 0.05) is 31.7 Å². The van der Waals surface area contributed by atoms with E-state index in [9.17, 15) is 9.59 Å². The number of hydrogen-bond acceptors (Lipinski definition) is 3. The molecule has 0 aromatic heterocycles. The summed E-state index contributed by atoms with van der Waals surface area (Å²) in [6, 6.07) is 16.3. The van der Waals surface area contributed by atoms with Gasteiger partial charge in [-0.15, -0.1) is 0 Å². The number of amides is 2. The molecule has 5 heteroatoms. The van der Waals surface area contributed by atoms with Gasteiger partial charge in [-0.3, -0.25) is 9.59 Å². The first-order chi connectivity index (χ1) is 12.2. The zero-order valence-electron chi connectivity index (χ0n) is 13.9. The van der Waals surface area contributed by atoms with E-state index < -0.39 is 0 Å². The Hall–Kier alpha value is -2.66. The molecular weight excluding hydrogens is 314 g/mol. The van der Waals surface area contributed by atoms with Crippen LogP contribution in [0.15, 0.2) is 54.6 Å². The Kier molecular flexibility index (Phi) is 4.24. The number of nitrogens with one attached hydrogen (secondary N) is 2. The van der Waals surface area contributed by atoms with E-state index in [-0.39, 0.29) is 11.8 Å². The smallest absolute Gasteiger partial charge is 0.255 e. The minimum Gasteiger partial charge on any atom is -0.338 e. The molecule has 128 valence electrons. The number of rotatable bonds is 3. The summed E-state index contributed by atoms with van der Waals surface area (Å²) in [5.41, 5.74) is 1.70. The molecule has 0 unspecified atom stereocenters. The molecular formula is C20H21N3O2. The predicted octanol–water partition coefficient (Wildman–Crippen LogP) is 2.23. The number of carbonyl (C=O) groups excluding carboxylic acids is 2. The summed E-state index contributed by atoms with van der Waals surface area (Å²) in [4.78, 5) is 27.3. The summed E-state index contributed by atoms with van der Waals surface area (Å²) in [6.45, 7) is 3.55. The third-order valence-corrected chi connectivity index (χ3v) is 5.12. The molecule has 2 aromatic rings. The van der Waals surface area contributed by atoms with Gasteiger partial charge in [-0.05, 0) is 36.1 Å². The van der Waals surface area contributed by atoms with Gasteiger partial charge in [-0.2, -0.15) is 0 Å². The van der Waals surface area contributed by atoms with Crippen LogP contribution in [0.3, 0.4) is 0 Å². The van der Waals surface area contributed by atoms with Crippen molar-refractivity contribution in [2.45, 2.75) is 0 Å². The Morgan fingerprint density at radius 3 is 2.28 bits per heavy atom. The minimum atomic E-state index is -0.205. The molecule has 0 aliphatic carbocycles. The summed E-state index contributed by atoms with van der Waals surface area (Å²) in [5.74, 6) is 0.895. The predicted molar refractivity (Wildman–Crippen MR) is 96.6 cm³/mol. The molecule has 5 nitrogen and oxygen atoms in total. The lowest BCUT2D eigenvalue weighted by Gasteiger charge is -2.19. The Morgan fingerprint density at radius 1 is 0.920 bits per heavy atom. The van der Waals surface area contributed by atoms with Crippen molar-refractivity contribution in [2.24, 2.45) is 11.8 Å². The van der Waals surface area contributed by atoms with Crippen molar-refractivity contribution >= 4 is 17.5 Å². The van der Waals surface area contributed by atoms with Crippen molar-refractivity contribution in [3.63, 3.8) is 0 Å². The number of nitrogens with zero attached hydrogens (tertiary/aromatic N) is 1. The van der Waals surface area contributed by atoms with Gasteiger partial charge < -0.3 is 15.5 Å². The molecule has 2 amide bonds. The summed E-state index contributed by atoms with van der Waals surface area (Å²) >= 11 is 0. The number of carbonyl (C=O) groups is 2. The zero-order valence-corrected chi connectivity index (χ0v) is 13.9. The van der Waals surface area contributed by atoms with Crippen LogP contribution in [0.1, 0.15) is 20.7 Å². The van der Waals surface area contributed by atoms with E-state index in [1.807, 2.05) is 35.2 Å². The number of benzene rings is 2. The lowest BCUT2D eigenvalue weighted by atomic mass is 10.0. The van der Waals surface area contributed by atoms with Crippen LogP contribution in [0.5, 0.6) is 0 Å². The molecule has 2 fully saturated rings. The molecule has 2 aliphatic heterocycles. The fourth-order valence-corrected chi connectivity index (χ4v) is 3.75. The van der Waals surface area contributed by atoms with Crippen LogP contribution in [0, 0.1) is 11.8 Å². The maximum absolute atomic E-state index is 13.0. The van der Waals surface area contributed by atoms with Crippen LogP contribution in [-0.4, -0.2) is 42.9 Å². The van der Waals surface area contributed by atoms with Gasteiger partial charge in [0.05, 0.1) is 11.3 Å². The molecule has 2 N–H and O–H groups in total. The SMILES string of the molecule is O=C(Nc1ccccc1C(=O)N1C[C@H]2CNC[C@H]2C1)c1ccccc1. The van der Waals surface area contributed by atoms with E-state index in [1.54, 1.807) is 24.3 Å². The van der Waals surface area contributed by atoms with E-state index in [1.165, 1.54) is 0 Å². The second-order valence-corrected chi connectivity index (χ2v) is 6.75. The highest BCUT2D eigenvalue weighted by molar-refractivity contribution is 6.09. The first-order valence-electron chi connectivity index (χ1n) is 8.68. The second kappa shape index (κ2) is 6.69. The average Bonchev–Trinajstić information content (AvgIpc) is 3.24. The van der Waals surface area contributed by atoms with Crippen LogP contribution in [0.25, 0.3) is 0 Å². The largest absolute Gasteiger partial charge is 0.338 e. The maximum Gasteiger partial charge on any atom is 0.255 e. The van der Waals surface area contributed by atoms with E-state index in [4.69, 9.17) is 0 Å². The number of likely N-dealkylation sites (tertiary alicyclic amines) is 1. The van der Waals surface area contributed by atoms with Crippen molar-refractivity contribution in [2.75, 3.05) is 31.5 Å². The Bertz CT molecular complexity index is 779. The number of anilines is 1. The Morgan fingerprint density at radius 2 is 1.56 bits per heavy atom. The summed E-state index contributed by atoms with van der Waals surface area (Å²) < 4.78 is 0. The number of hydrogen-bond donors (Lipinski definition) is 2. The number of para-hydroxylation sites is 1. The third kappa shape index (κ3) is 3.15. The molecule has 0 spiro atoms. The van der Waals surface area contributed by atoms with Crippen LogP contribution < -0.4 is 10.6 Å². The lowest BCUT2D eigenvalue weighted by Crippen LogP contribution is -2.32. The van der Waals surface area contributed by atoms with Crippen molar-refractivity contribution in [1.29, 1.82) is 0 Å². The molecule has 0 bridgehead atoms. The first-order valence-corrected chi connectivity index (χ1v) is 8.68. The van der Waals surface area contributed by atoms with Crippen LogP contribution in [-0.2, 0) is 0 Å². The van der Waals surface area contributed by atoms with E-state index in [0.717, 1.165) is 26.2 Å². The molecule has 2 aromatic carbocycles. The third-order valence-electron chi connectivity index (χ3n) is 5.12. The van der Waals surface area contributed by atoms with E-state index in [0.29, 0.717) is 28.7 Å². The summed E-state index contributed by atoms with van der Waals surface area (Å²) in [5, 5.41) is 6.27. The van der Waals surface area contributed by atoms with Crippen molar-refractivity contribution in [3.05, 3.63) is 65.7 Å². The highest BCUT2D eigenvalue weighted by Gasteiger charge is 2.38. The standard InChI is InChI=1S/C20H21N3O2/c24-19(14-6-2-1-3-7-14)22-18-9-5-4-8-17(18)20(25)23-12-15-10-21-11-16(15)13-23/h1-9,15-16,21H,10-13H2,(H,22,24)/t15-,16+. The Labute approximate surface area is 147 Å². The molecule has 0 radical (unpaired) electrons.